The minimum absolute atomic E-state index is 0.0846. The molecule has 1 aliphatic carbocycles. The predicted octanol–water partition coefficient (Wildman–Crippen LogP) is 2.83. The van der Waals surface area contributed by atoms with Gasteiger partial charge in [0.2, 0.25) is 0 Å². The lowest BCUT2D eigenvalue weighted by Crippen LogP contribution is -2.42. The maximum absolute atomic E-state index is 9.86. The molecule has 0 spiro atoms. The van der Waals surface area contributed by atoms with Gasteiger partial charge in [-0.25, -0.2) is 0 Å². The summed E-state index contributed by atoms with van der Waals surface area (Å²) in [5, 5.41) is 9.86. The van der Waals surface area contributed by atoms with E-state index in [1.165, 1.54) is 12.8 Å². The molecule has 1 rings (SSSR count). The maximum Gasteiger partial charge on any atom is 0.0593 e. The second-order valence-electron chi connectivity index (χ2n) is 5.12. The van der Waals surface area contributed by atoms with Crippen LogP contribution in [0, 0.1) is 17.3 Å². The fourth-order valence-corrected chi connectivity index (χ4v) is 2.71. The van der Waals surface area contributed by atoms with Gasteiger partial charge in [0.1, 0.15) is 0 Å². The van der Waals surface area contributed by atoms with Gasteiger partial charge in [0.05, 0.1) is 6.10 Å². The van der Waals surface area contributed by atoms with Gasteiger partial charge in [-0.15, -0.1) is 0 Å². The zero-order valence-electron chi connectivity index (χ0n) is 8.80. The predicted molar refractivity (Wildman–Crippen MR) is 52.0 cm³/mol. The molecule has 72 valence electrons. The van der Waals surface area contributed by atoms with Gasteiger partial charge in [-0.05, 0) is 30.1 Å². The first-order valence-electron chi connectivity index (χ1n) is 5.14. The van der Waals surface area contributed by atoms with Crippen molar-refractivity contribution in [2.45, 2.75) is 53.1 Å². The first kappa shape index (κ1) is 10.0. The molecule has 1 aliphatic rings. The van der Waals surface area contributed by atoms with Crippen LogP contribution in [0.5, 0.6) is 0 Å². The highest BCUT2D eigenvalue weighted by Gasteiger charge is 2.40. The van der Waals surface area contributed by atoms with E-state index < -0.39 is 0 Å². The molecule has 0 aliphatic heterocycles. The van der Waals surface area contributed by atoms with Crippen molar-refractivity contribution in [3.05, 3.63) is 0 Å². The maximum atomic E-state index is 9.86. The van der Waals surface area contributed by atoms with Crippen molar-refractivity contribution in [1.29, 1.82) is 0 Å². The second-order valence-corrected chi connectivity index (χ2v) is 5.12. The van der Waals surface area contributed by atoms with Gasteiger partial charge in [0.15, 0.2) is 0 Å². The lowest BCUT2D eigenvalue weighted by molar-refractivity contribution is -0.0453. The molecule has 0 aromatic carbocycles. The Kier molecular flexibility index (Phi) is 2.82. The smallest absolute Gasteiger partial charge is 0.0593 e. The Hall–Kier alpha value is -0.0400. The quantitative estimate of drug-likeness (QED) is 0.641. The van der Waals surface area contributed by atoms with Crippen LogP contribution in [-0.4, -0.2) is 11.2 Å². The molecule has 0 heterocycles. The van der Waals surface area contributed by atoms with E-state index in [1.807, 2.05) is 0 Å². The van der Waals surface area contributed by atoms with Crippen molar-refractivity contribution in [2.24, 2.45) is 17.3 Å². The van der Waals surface area contributed by atoms with Gasteiger partial charge >= 0.3 is 0 Å². The largest absolute Gasteiger partial charge is 0.393 e. The van der Waals surface area contributed by atoms with Crippen molar-refractivity contribution >= 4 is 0 Å². The molecule has 0 aromatic rings. The number of rotatable bonds is 1. The van der Waals surface area contributed by atoms with Gasteiger partial charge in [-0.3, -0.25) is 0 Å². The Morgan fingerprint density at radius 2 is 1.83 bits per heavy atom. The second kappa shape index (κ2) is 3.37. The Labute approximate surface area is 76.2 Å². The van der Waals surface area contributed by atoms with Crippen LogP contribution in [-0.2, 0) is 0 Å². The van der Waals surface area contributed by atoms with E-state index in [0.29, 0.717) is 11.8 Å². The van der Waals surface area contributed by atoms with Gasteiger partial charge in [-0.2, -0.15) is 0 Å². The van der Waals surface area contributed by atoms with Crippen LogP contribution >= 0.6 is 0 Å². The summed E-state index contributed by atoms with van der Waals surface area (Å²) < 4.78 is 0. The molecule has 1 N–H and O–H groups in total. The summed E-state index contributed by atoms with van der Waals surface area (Å²) in [6, 6.07) is 0. The monoisotopic (exact) mass is 170 g/mol. The van der Waals surface area contributed by atoms with E-state index in [9.17, 15) is 5.11 Å². The third kappa shape index (κ3) is 1.66. The Bertz CT molecular complexity index is 149. The molecule has 1 fully saturated rings. The van der Waals surface area contributed by atoms with E-state index in [4.69, 9.17) is 0 Å². The van der Waals surface area contributed by atoms with Crippen LogP contribution in [0.3, 0.4) is 0 Å². The van der Waals surface area contributed by atoms with Crippen molar-refractivity contribution in [3.63, 3.8) is 0 Å². The Morgan fingerprint density at radius 1 is 1.25 bits per heavy atom. The molecule has 0 radical (unpaired) electrons. The summed E-state index contributed by atoms with van der Waals surface area (Å²) in [6.07, 6.45) is 3.41. The number of aliphatic hydroxyl groups is 1. The first-order chi connectivity index (χ1) is 5.46. The summed E-state index contributed by atoms with van der Waals surface area (Å²) in [6.45, 7) is 8.96. The van der Waals surface area contributed by atoms with Crippen molar-refractivity contribution < 1.29 is 5.11 Å². The van der Waals surface area contributed by atoms with Gasteiger partial charge in [0.25, 0.3) is 0 Å². The Balaban J connectivity index is 2.72. The van der Waals surface area contributed by atoms with E-state index in [-0.39, 0.29) is 11.5 Å². The summed E-state index contributed by atoms with van der Waals surface area (Å²) in [4.78, 5) is 0. The van der Waals surface area contributed by atoms with E-state index >= 15 is 0 Å². The highest BCUT2D eigenvalue weighted by Crippen LogP contribution is 2.44. The lowest BCUT2D eigenvalue weighted by atomic mass is 9.63. The fourth-order valence-electron chi connectivity index (χ4n) is 2.71. The molecule has 0 amide bonds. The summed E-state index contributed by atoms with van der Waals surface area (Å²) in [5.41, 5.74) is 0.131. The Morgan fingerprint density at radius 3 is 2.25 bits per heavy atom. The summed E-state index contributed by atoms with van der Waals surface area (Å²) >= 11 is 0. The first-order valence-corrected chi connectivity index (χ1v) is 5.14. The van der Waals surface area contributed by atoms with Gasteiger partial charge in [-0.1, -0.05) is 34.1 Å². The molecular formula is C11H22O. The standard InChI is InChI=1S/C11H22O/c1-8(2)9-6-5-7-10(12)11(9,3)4/h8-10,12H,5-7H2,1-4H3. The minimum Gasteiger partial charge on any atom is -0.393 e. The van der Waals surface area contributed by atoms with E-state index in [0.717, 1.165) is 6.42 Å². The minimum atomic E-state index is -0.0846. The summed E-state index contributed by atoms with van der Waals surface area (Å²) in [7, 11) is 0. The van der Waals surface area contributed by atoms with Crippen LogP contribution in [0.1, 0.15) is 47.0 Å². The molecule has 1 nitrogen and oxygen atoms in total. The highest BCUT2D eigenvalue weighted by molar-refractivity contribution is 4.90. The fraction of sp³-hybridized carbons (Fsp3) is 1.00. The van der Waals surface area contributed by atoms with E-state index in [2.05, 4.69) is 27.7 Å². The van der Waals surface area contributed by atoms with Crippen LogP contribution in [0.4, 0.5) is 0 Å². The van der Waals surface area contributed by atoms with Crippen molar-refractivity contribution in [3.8, 4) is 0 Å². The SMILES string of the molecule is CC(C)C1CCCC(O)C1(C)C. The number of hydrogen-bond acceptors (Lipinski definition) is 1. The molecule has 2 unspecified atom stereocenters. The lowest BCUT2D eigenvalue weighted by Gasteiger charge is -2.44. The number of aliphatic hydroxyl groups excluding tert-OH is 1. The zero-order chi connectivity index (χ0) is 9.35. The normalized spacial score (nSPS) is 35.5. The zero-order valence-corrected chi connectivity index (χ0v) is 8.80. The van der Waals surface area contributed by atoms with Crippen molar-refractivity contribution in [1.82, 2.24) is 0 Å². The van der Waals surface area contributed by atoms with Crippen LogP contribution in [0.15, 0.2) is 0 Å². The van der Waals surface area contributed by atoms with Crippen molar-refractivity contribution in [2.75, 3.05) is 0 Å². The molecule has 0 aromatic heterocycles. The van der Waals surface area contributed by atoms with Crippen LogP contribution in [0.25, 0.3) is 0 Å². The molecule has 2 atom stereocenters. The molecule has 0 saturated heterocycles. The molecule has 1 heteroatoms. The average Bonchev–Trinajstić information content (AvgIpc) is 1.94. The average molecular weight is 170 g/mol. The van der Waals surface area contributed by atoms with Crippen LogP contribution < -0.4 is 0 Å². The third-order valence-corrected chi connectivity index (χ3v) is 3.61. The van der Waals surface area contributed by atoms with Gasteiger partial charge in [0, 0.05) is 0 Å². The van der Waals surface area contributed by atoms with Gasteiger partial charge < -0.3 is 5.11 Å². The van der Waals surface area contributed by atoms with Crippen LogP contribution in [0.2, 0.25) is 0 Å². The third-order valence-electron chi connectivity index (χ3n) is 3.61. The highest BCUT2D eigenvalue weighted by atomic mass is 16.3. The molecule has 1 saturated carbocycles. The molecule has 0 bridgehead atoms. The summed E-state index contributed by atoms with van der Waals surface area (Å²) in [5.74, 6) is 1.40. The van der Waals surface area contributed by atoms with E-state index in [1.54, 1.807) is 0 Å². The molecule has 12 heavy (non-hydrogen) atoms. The number of hydrogen-bond donors (Lipinski definition) is 1. The topological polar surface area (TPSA) is 20.2 Å². The molecular weight excluding hydrogens is 148 g/mol.